The lowest BCUT2D eigenvalue weighted by atomic mass is 10.1. The number of carbonyl (C=O) groups is 1. The van der Waals surface area contributed by atoms with E-state index in [1.165, 1.54) is 16.3 Å². The number of hydrogen-bond donors (Lipinski definition) is 2. The number of aromatic nitrogens is 3. The van der Waals surface area contributed by atoms with Crippen LogP contribution in [-0.2, 0) is 11.3 Å². The van der Waals surface area contributed by atoms with E-state index in [1.807, 2.05) is 54.6 Å². The van der Waals surface area contributed by atoms with Gasteiger partial charge < -0.3 is 19.8 Å². The van der Waals surface area contributed by atoms with Crippen molar-refractivity contribution in [2.75, 3.05) is 20.0 Å². The summed E-state index contributed by atoms with van der Waals surface area (Å²) >= 11 is 1.20. The Morgan fingerprint density at radius 1 is 0.974 bits per heavy atom. The predicted molar refractivity (Wildman–Crippen MR) is 149 cm³/mol. The van der Waals surface area contributed by atoms with E-state index in [0.717, 1.165) is 16.7 Å². The average molecular weight is 527 g/mol. The molecule has 0 aliphatic heterocycles. The summed E-state index contributed by atoms with van der Waals surface area (Å²) < 4.78 is 12.2. The van der Waals surface area contributed by atoms with Gasteiger partial charge in [0.2, 0.25) is 5.91 Å². The van der Waals surface area contributed by atoms with Crippen molar-refractivity contribution in [1.29, 1.82) is 0 Å². The molecule has 8 nitrogen and oxygen atoms in total. The summed E-state index contributed by atoms with van der Waals surface area (Å²) in [7, 11) is 3.19. The third-order valence-corrected chi connectivity index (χ3v) is 7.02. The number of methoxy groups -OCH3 is 2. The second-order valence-electron chi connectivity index (χ2n) is 8.40. The second kappa shape index (κ2) is 11.3. The van der Waals surface area contributed by atoms with Crippen LogP contribution >= 0.6 is 11.8 Å². The summed E-state index contributed by atoms with van der Waals surface area (Å²) in [5.74, 6) is 1.27. The Bertz CT molecular complexity index is 1630. The van der Waals surface area contributed by atoms with Gasteiger partial charge in [0.15, 0.2) is 5.16 Å². The van der Waals surface area contributed by atoms with E-state index in [2.05, 4.69) is 10.3 Å². The molecule has 9 heteroatoms. The van der Waals surface area contributed by atoms with Crippen molar-refractivity contribution < 1.29 is 14.3 Å². The van der Waals surface area contributed by atoms with Crippen LogP contribution in [0.3, 0.4) is 0 Å². The van der Waals surface area contributed by atoms with Gasteiger partial charge >= 0.3 is 0 Å². The van der Waals surface area contributed by atoms with Crippen LogP contribution in [0.25, 0.3) is 27.8 Å². The molecule has 2 heterocycles. The van der Waals surface area contributed by atoms with Gasteiger partial charge in [-0.3, -0.25) is 14.2 Å². The molecule has 0 aliphatic rings. The topological polar surface area (TPSA) is 98.2 Å². The summed E-state index contributed by atoms with van der Waals surface area (Å²) in [5, 5.41) is 3.34. The SMILES string of the molecule is COc1ccc(-n2c(SCC(=O)NCc3ccccc3OC)nc3c(-c4ccccc4)c[nH]c3c2=O)cc1. The normalized spacial score (nSPS) is 10.9. The molecular weight excluding hydrogens is 500 g/mol. The van der Waals surface area contributed by atoms with E-state index in [-0.39, 0.29) is 17.2 Å². The summed E-state index contributed by atoms with van der Waals surface area (Å²) in [6, 6.07) is 24.4. The van der Waals surface area contributed by atoms with Gasteiger partial charge in [-0.1, -0.05) is 60.3 Å². The second-order valence-corrected chi connectivity index (χ2v) is 9.34. The Hall–Kier alpha value is -4.50. The number of rotatable bonds is 9. The fourth-order valence-corrected chi connectivity index (χ4v) is 4.99. The quantitative estimate of drug-likeness (QED) is 0.211. The highest BCUT2D eigenvalue weighted by atomic mass is 32.2. The number of aromatic amines is 1. The largest absolute Gasteiger partial charge is 0.497 e. The van der Waals surface area contributed by atoms with Gasteiger partial charge in [0.05, 0.1) is 25.7 Å². The van der Waals surface area contributed by atoms with Crippen LogP contribution in [0.2, 0.25) is 0 Å². The summed E-state index contributed by atoms with van der Waals surface area (Å²) in [4.78, 5) is 34.5. The Morgan fingerprint density at radius 3 is 2.45 bits per heavy atom. The van der Waals surface area contributed by atoms with Gasteiger partial charge in [0.1, 0.15) is 22.5 Å². The monoisotopic (exact) mass is 526 g/mol. The number of carbonyl (C=O) groups excluding carboxylic acids is 1. The molecule has 0 radical (unpaired) electrons. The predicted octanol–water partition coefficient (Wildman–Crippen LogP) is 4.81. The number of benzene rings is 3. The Labute approximate surface area is 223 Å². The first kappa shape index (κ1) is 25.2. The number of nitrogens with zero attached hydrogens (tertiary/aromatic N) is 2. The maximum Gasteiger partial charge on any atom is 0.283 e. The molecule has 3 aromatic carbocycles. The van der Waals surface area contributed by atoms with Crippen molar-refractivity contribution in [2.45, 2.75) is 11.7 Å². The lowest BCUT2D eigenvalue weighted by molar-refractivity contribution is -0.118. The summed E-state index contributed by atoms with van der Waals surface area (Å²) in [6.07, 6.45) is 1.79. The number of para-hydroxylation sites is 1. The zero-order chi connectivity index (χ0) is 26.5. The van der Waals surface area contributed by atoms with Crippen molar-refractivity contribution in [2.24, 2.45) is 0 Å². The maximum absolute atomic E-state index is 13.7. The molecule has 192 valence electrons. The van der Waals surface area contributed by atoms with Crippen molar-refractivity contribution >= 4 is 28.7 Å². The highest BCUT2D eigenvalue weighted by Gasteiger charge is 2.19. The average Bonchev–Trinajstić information content (AvgIpc) is 3.40. The zero-order valence-electron chi connectivity index (χ0n) is 20.9. The third kappa shape index (κ3) is 5.14. The molecular formula is C29H26N4O4S. The van der Waals surface area contributed by atoms with Crippen LogP contribution in [0.4, 0.5) is 0 Å². The molecule has 38 heavy (non-hydrogen) atoms. The molecule has 0 spiro atoms. The number of fused-ring (bicyclic) bond motifs is 1. The van der Waals surface area contributed by atoms with Crippen LogP contribution in [0, 0.1) is 0 Å². The molecule has 0 atom stereocenters. The van der Waals surface area contributed by atoms with E-state index >= 15 is 0 Å². The van der Waals surface area contributed by atoms with E-state index in [1.54, 1.807) is 44.7 Å². The molecule has 0 fully saturated rings. The van der Waals surface area contributed by atoms with Crippen LogP contribution in [-0.4, -0.2) is 40.4 Å². The minimum Gasteiger partial charge on any atom is -0.497 e. The van der Waals surface area contributed by atoms with Crippen molar-refractivity contribution in [3.63, 3.8) is 0 Å². The first-order chi connectivity index (χ1) is 18.6. The molecule has 0 unspecified atom stereocenters. The lowest BCUT2D eigenvalue weighted by Crippen LogP contribution is -2.26. The van der Waals surface area contributed by atoms with Gasteiger partial charge in [0, 0.05) is 23.9 Å². The number of amides is 1. The van der Waals surface area contributed by atoms with Gasteiger partial charge in [0.25, 0.3) is 5.56 Å². The van der Waals surface area contributed by atoms with Crippen molar-refractivity contribution in [3.8, 4) is 28.3 Å². The van der Waals surface area contributed by atoms with Gasteiger partial charge in [-0.05, 0) is 35.9 Å². The first-order valence-electron chi connectivity index (χ1n) is 11.9. The van der Waals surface area contributed by atoms with E-state index in [9.17, 15) is 9.59 Å². The van der Waals surface area contributed by atoms with E-state index < -0.39 is 0 Å². The summed E-state index contributed by atoms with van der Waals surface area (Å²) in [6.45, 7) is 0.330. The number of H-pyrrole nitrogens is 1. The smallest absolute Gasteiger partial charge is 0.283 e. The maximum atomic E-state index is 13.7. The lowest BCUT2D eigenvalue weighted by Gasteiger charge is -2.13. The van der Waals surface area contributed by atoms with Crippen LogP contribution in [0.5, 0.6) is 11.5 Å². The highest BCUT2D eigenvalue weighted by molar-refractivity contribution is 7.99. The van der Waals surface area contributed by atoms with E-state index in [4.69, 9.17) is 14.5 Å². The highest BCUT2D eigenvalue weighted by Crippen LogP contribution is 2.29. The van der Waals surface area contributed by atoms with Gasteiger partial charge in [-0.15, -0.1) is 0 Å². The minimum absolute atomic E-state index is 0.0777. The Morgan fingerprint density at radius 2 is 1.71 bits per heavy atom. The fraction of sp³-hybridized carbons (Fsp3) is 0.138. The molecule has 2 N–H and O–H groups in total. The van der Waals surface area contributed by atoms with Crippen molar-refractivity contribution in [3.05, 3.63) is 101 Å². The standard InChI is InChI=1S/C29H26N4O4S/c1-36-22-14-12-21(13-15-22)33-28(35)27-26(23(17-31-27)19-8-4-3-5-9-19)32-29(33)38-18-25(34)30-16-20-10-6-7-11-24(20)37-2/h3-15,17,31H,16,18H2,1-2H3,(H,30,34). The van der Waals surface area contributed by atoms with E-state index in [0.29, 0.717) is 39.9 Å². The van der Waals surface area contributed by atoms with Gasteiger partial charge in [-0.25, -0.2) is 4.98 Å². The Kier molecular flexibility index (Phi) is 7.46. The molecule has 0 bridgehead atoms. The van der Waals surface area contributed by atoms with Crippen LogP contribution in [0.1, 0.15) is 5.56 Å². The number of hydrogen-bond acceptors (Lipinski definition) is 6. The molecule has 0 saturated heterocycles. The molecule has 5 rings (SSSR count). The Balaban J connectivity index is 1.48. The number of nitrogens with one attached hydrogen (secondary N) is 2. The van der Waals surface area contributed by atoms with Crippen LogP contribution in [0.15, 0.2) is 95.0 Å². The van der Waals surface area contributed by atoms with Crippen molar-refractivity contribution in [1.82, 2.24) is 19.9 Å². The minimum atomic E-state index is -0.251. The first-order valence-corrected chi connectivity index (χ1v) is 12.9. The summed E-state index contributed by atoms with van der Waals surface area (Å²) in [5.41, 5.74) is 3.97. The zero-order valence-corrected chi connectivity index (χ0v) is 21.7. The molecule has 5 aromatic rings. The molecule has 2 aromatic heterocycles. The third-order valence-electron chi connectivity index (χ3n) is 6.08. The number of ether oxygens (including phenoxy) is 2. The molecule has 0 saturated carbocycles. The molecule has 0 aliphatic carbocycles. The number of thioether (sulfide) groups is 1. The van der Waals surface area contributed by atoms with Crippen LogP contribution < -0.4 is 20.3 Å². The fourth-order valence-electron chi connectivity index (χ4n) is 4.16. The van der Waals surface area contributed by atoms with Gasteiger partial charge in [-0.2, -0.15) is 0 Å². The molecule has 1 amide bonds.